The van der Waals surface area contributed by atoms with E-state index in [0.717, 1.165) is 24.2 Å². The van der Waals surface area contributed by atoms with E-state index >= 15 is 0 Å². The van der Waals surface area contributed by atoms with Gasteiger partial charge in [-0.2, -0.15) is 0 Å². The molecule has 0 radical (unpaired) electrons. The number of aryl methyl sites for hydroxylation is 2. The second kappa shape index (κ2) is 8.49. The number of benzene rings is 2. The fourth-order valence-corrected chi connectivity index (χ4v) is 2.97. The Bertz CT molecular complexity index is 994. The number of para-hydroxylation sites is 1. The maximum absolute atomic E-state index is 12.5. The van der Waals surface area contributed by atoms with E-state index in [0.29, 0.717) is 17.4 Å². The number of carbonyl (C=O) groups excluding carboxylic acids is 1. The van der Waals surface area contributed by atoms with Crippen molar-refractivity contribution >= 4 is 16.8 Å². The van der Waals surface area contributed by atoms with Crippen LogP contribution < -0.4 is 15.6 Å². The smallest absolute Gasteiger partial charge is 0.261 e. The Hall–Kier alpha value is -3.15. The van der Waals surface area contributed by atoms with Gasteiger partial charge in [0.15, 0.2) is 0 Å². The number of fused-ring (bicyclic) bond motifs is 1. The van der Waals surface area contributed by atoms with Crippen LogP contribution in [-0.2, 0) is 17.8 Å². The van der Waals surface area contributed by atoms with Crippen molar-refractivity contribution in [2.75, 3.05) is 13.7 Å². The average Bonchev–Trinajstić information content (AvgIpc) is 2.68. The first-order chi connectivity index (χ1) is 13.1. The maximum atomic E-state index is 12.5. The highest BCUT2D eigenvalue weighted by Gasteiger charge is 2.09. The third-order valence-electron chi connectivity index (χ3n) is 4.49. The van der Waals surface area contributed by atoms with Crippen molar-refractivity contribution in [2.45, 2.75) is 26.3 Å². The van der Waals surface area contributed by atoms with Gasteiger partial charge < -0.3 is 10.1 Å². The molecule has 6 nitrogen and oxygen atoms in total. The zero-order valence-corrected chi connectivity index (χ0v) is 15.6. The summed E-state index contributed by atoms with van der Waals surface area (Å²) in [5, 5.41) is 3.39. The van der Waals surface area contributed by atoms with E-state index in [1.807, 2.05) is 43.3 Å². The van der Waals surface area contributed by atoms with Crippen LogP contribution in [0.5, 0.6) is 5.75 Å². The van der Waals surface area contributed by atoms with Crippen LogP contribution in [0, 0.1) is 6.92 Å². The summed E-state index contributed by atoms with van der Waals surface area (Å²) >= 11 is 0. The highest BCUT2D eigenvalue weighted by molar-refractivity contribution is 5.81. The fourth-order valence-electron chi connectivity index (χ4n) is 2.97. The SMILES string of the molecule is COc1ccc(CCCNC(=O)Cn2cnc3c(C)cccc3c2=O)cc1. The molecule has 0 bridgehead atoms. The van der Waals surface area contributed by atoms with Gasteiger partial charge in [-0.1, -0.05) is 24.3 Å². The quantitative estimate of drug-likeness (QED) is 0.653. The number of nitrogens with zero attached hydrogens (tertiary/aromatic N) is 2. The van der Waals surface area contributed by atoms with E-state index in [4.69, 9.17) is 4.74 Å². The summed E-state index contributed by atoms with van der Waals surface area (Å²) in [7, 11) is 1.64. The molecule has 0 fully saturated rings. The van der Waals surface area contributed by atoms with Crippen LogP contribution in [0.15, 0.2) is 53.6 Å². The van der Waals surface area contributed by atoms with Crippen molar-refractivity contribution in [3.63, 3.8) is 0 Å². The van der Waals surface area contributed by atoms with Crippen LogP contribution in [0.1, 0.15) is 17.5 Å². The Morgan fingerprint density at radius 1 is 1.19 bits per heavy atom. The molecule has 0 unspecified atom stereocenters. The van der Waals surface area contributed by atoms with E-state index in [2.05, 4.69) is 10.3 Å². The molecule has 0 spiro atoms. The van der Waals surface area contributed by atoms with Crippen LogP contribution in [0.4, 0.5) is 0 Å². The number of hydrogen-bond acceptors (Lipinski definition) is 4. The molecule has 27 heavy (non-hydrogen) atoms. The third kappa shape index (κ3) is 4.53. The van der Waals surface area contributed by atoms with E-state index in [-0.39, 0.29) is 18.0 Å². The molecule has 1 amide bonds. The summed E-state index contributed by atoms with van der Waals surface area (Å²) in [6.07, 6.45) is 3.12. The summed E-state index contributed by atoms with van der Waals surface area (Å²) < 4.78 is 6.48. The first-order valence-corrected chi connectivity index (χ1v) is 8.93. The molecule has 140 valence electrons. The summed E-state index contributed by atoms with van der Waals surface area (Å²) in [6, 6.07) is 13.4. The van der Waals surface area contributed by atoms with Crippen LogP contribution >= 0.6 is 0 Å². The van der Waals surface area contributed by atoms with Gasteiger partial charge in [0.1, 0.15) is 12.3 Å². The Kier molecular flexibility index (Phi) is 5.86. The van der Waals surface area contributed by atoms with Gasteiger partial charge in [0, 0.05) is 6.54 Å². The van der Waals surface area contributed by atoms with E-state index in [9.17, 15) is 9.59 Å². The van der Waals surface area contributed by atoms with Crippen molar-refractivity contribution in [1.29, 1.82) is 0 Å². The minimum atomic E-state index is -0.197. The molecule has 0 saturated carbocycles. The van der Waals surface area contributed by atoms with Crippen molar-refractivity contribution in [3.05, 3.63) is 70.3 Å². The van der Waals surface area contributed by atoms with E-state index < -0.39 is 0 Å². The Morgan fingerprint density at radius 3 is 2.70 bits per heavy atom. The van der Waals surface area contributed by atoms with Gasteiger partial charge in [0.2, 0.25) is 5.91 Å². The molecule has 3 rings (SSSR count). The van der Waals surface area contributed by atoms with Gasteiger partial charge in [-0.05, 0) is 49.1 Å². The van der Waals surface area contributed by atoms with Crippen LogP contribution in [-0.4, -0.2) is 29.1 Å². The molecular weight excluding hydrogens is 342 g/mol. The molecule has 1 N–H and O–H groups in total. The largest absolute Gasteiger partial charge is 0.497 e. The summed E-state index contributed by atoms with van der Waals surface area (Å²) in [6.45, 7) is 2.44. The van der Waals surface area contributed by atoms with Crippen LogP contribution in [0.3, 0.4) is 0 Å². The summed E-state index contributed by atoms with van der Waals surface area (Å²) in [5.41, 5.74) is 2.62. The highest BCUT2D eigenvalue weighted by Crippen LogP contribution is 2.12. The number of rotatable bonds is 7. The van der Waals surface area contributed by atoms with E-state index in [1.54, 1.807) is 13.2 Å². The molecule has 1 heterocycles. The fraction of sp³-hybridized carbons (Fsp3) is 0.286. The Labute approximate surface area is 157 Å². The Balaban J connectivity index is 1.52. The number of ether oxygens (including phenoxy) is 1. The number of hydrogen-bond donors (Lipinski definition) is 1. The predicted octanol–water partition coefficient (Wildman–Crippen LogP) is 2.46. The number of nitrogens with one attached hydrogen (secondary N) is 1. The topological polar surface area (TPSA) is 73.2 Å². The summed E-state index contributed by atoms with van der Waals surface area (Å²) in [5.74, 6) is 0.636. The molecule has 2 aromatic carbocycles. The van der Waals surface area contributed by atoms with Crippen molar-refractivity contribution in [1.82, 2.24) is 14.9 Å². The molecule has 0 saturated heterocycles. The van der Waals surface area contributed by atoms with Crippen LogP contribution in [0.2, 0.25) is 0 Å². The lowest BCUT2D eigenvalue weighted by molar-refractivity contribution is -0.121. The van der Waals surface area contributed by atoms with Crippen molar-refractivity contribution in [3.8, 4) is 5.75 Å². The van der Waals surface area contributed by atoms with Crippen molar-refractivity contribution in [2.24, 2.45) is 0 Å². The molecular formula is C21H23N3O3. The van der Waals surface area contributed by atoms with E-state index in [1.165, 1.54) is 16.5 Å². The average molecular weight is 365 g/mol. The first-order valence-electron chi connectivity index (χ1n) is 8.93. The first kappa shape index (κ1) is 18.6. The van der Waals surface area contributed by atoms with Gasteiger partial charge >= 0.3 is 0 Å². The van der Waals surface area contributed by atoms with Crippen LogP contribution in [0.25, 0.3) is 10.9 Å². The van der Waals surface area contributed by atoms with Gasteiger partial charge in [0.05, 0.1) is 24.3 Å². The number of methoxy groups -OCH3 is 1. The zero-order chi connectivity index (χ0) is 19.2. The molecule has 6 heteroatoms. The minimum absolute atomic E-state index is 0.0295. The number of amides is 1. The standard InChI is InChI=1S/C21H23N3O3/c1-15-5-3-7-18-20(15)23-14-24(21(18)26)13-19(25)22-12-4-6-16-8-10-17(27-2)11-9-16/h3,5,7-11,14H,4,6,12-13H2,1-2H3,(H,22,25). The second-order valence-corrected chi connectivity index (χ2v) is 6.45. The second-order valence-electron chi connectivity index (χ2n) is 6.45. The molecule has 0 aliphatic carbocycles. The van der Waals surface area contributed by atoms with Gasteiger partial charge in [-0.3, -0.25) is 14.2 Å². The molecule has 0 atom stereocenters. The monoisotopic (exact) mass is 365 g/mol. The Morgan fingerprint density at radius 2 is 1.96 bits per heavy atom. The van der Waals surface area contributed by atoms with Gasteiger partial charge in [-0.15, -0.1) is 0 Å². The number of aromatic nitrogens is 2. The zero-order valence-electron chi connectivity index (χ0n) is 15.6. The van der Waals surface area contributed by atoms with Gasteiger partial charge in [0.25, 0.3) is 5.56 Å². The molecule has 0 aliphatic heterocycles. The lowest BCUT2D eigenvalue weighted by Gasteiger charge is -2.09. The van der Waals surface area contributed by atoms with Crippen molar-refractivity contribution < 1.29 is 9.53 Å². The maximum Gasteiger partial charge on any atom is 0.261 e. The predicted molar refractivity (Wildman–Crippen MR) is 105 cm³/mol. The third-order valence-corrected chi connectivity index (χ3v) is 4.49. The normalized spacial score (nSPS) is 10.7. The van der Waals surface area contributed by atoms with Gasteiger partial charge in [-0.25, -0.2) is 4.98 Å². The molecule has 3 aromatic rings. The molecule has 1 aromatic heterocycles. The molecule has 0 aliphatic rings. The highest BCUT2D eigenvalue weighted by atomic mass is 16.5. The summed E-state index contributed by atoms with van der Waals surface area (Å²) in [4.78, 5) is 29.0. The lowest BCUT2D eigenvalue weighted by Crippen LogP contribution is -2.33. The lowest BCUT2D eigenvalue weighted by atomic mass is 10.1. The number of carbonyl (C=O) groups is 1. The minimum Gasteiger partial charge on any atom is -0.497 e.